The molecule has 4 nitrogen and oxygen atoms in total. The van der Waals surface area contributed by atoms with Crippen LogP contribution >= 0.6 is 23.4 Å². The summed E-state index contributed by atoms with van der Waals surface area (Å²) in [5.41, 5.74) is 0.571. The van der Waals surface area contributed by atoms with Crippen LogP contribution in [-0.4, -0.2) is 36.0 Å². The fourth-order valence-electron chi connectivity index (χ4n) is 2.22. The van der Waals surface area contributed by atoms with Crippen molar-refractivity contribution < 1.29 is 13.7 Å². The second-order valence-electron chi connectivity index (χ2n) is 4.20. The lowest BCUT2D eigenvalue weighted by Crippen LogP contribution is -2.33. The molecule has 1 aromatic heterocycles. The molecule has 0 saturated carbocycles. The number of benzene rings is 1. The van der Waals surface area contributed by atoms with E-state index in [1.165, 1.54) is 6.07 Å². The minimum atomic E-state index is -0.564. The maximum absolute atomic E-state index is 14.5. The number of hydrogen-bond donors (Lipinski definition) is 0. The van der Waals surface area contributed by atoms with Crippen LogP contribution < -0.4 is 4.90 Å². The van der Waals surface area contributed by atoms with Crippen molar-refractivity contribution in [3.05, 3.63) is 22.6 Å². The van der Waals surface area contributed by atoms with Crippen molar-refractivity contribution in [1.29, 1.82) is 0 Å². The zero-order valence-corrected chi connectivity index (χ0v) is 11.4. The highest BCUT2D eigenvalue weighted by Crippen LogP contribution is 2.34. The van der Waals surface area contributed by atoms with Crippen LogP contribution in [0.15, 0.2) is 10.6 Å². The number of anilines is 1. The summed E-state index contributed by atoms with van der Waals surface area (Å²) in [7, 11) is 0. The van der Waals surface area contributed by atoms with E-state index in [4.69, 9.17) is 16.1 Å². The van der Waals surface area contributed by atoms with Gasteiger partial charge in [-0.15, -0.1) is 0 Å². The van der Waals surface area contributed by atoms with E-state index >= 15 is 0 Å². The van der Waals surface area contributed by atoms with Gasteiger partial charge in [-0.05, 0) is 6.07 Å². The Kier molecular flexibility index (Phi) is 3.36. The van der Waals surface area contributed by atoms with Gasteiger partial charge in [-0.3, -0.25) is 4.79 Å². The Bertz CT molecular complexity index is 640. The van der Waals surface area contributed by atoms with Crippen LogP contribution in [0.3, 0.4) is 0 Å². The number of rotatable bonds is 2. The van der Waals surface area contributed by atoms with Crippen molar-refractivity contribution in [3.63, 3.8) is 0 Å². The van der Waals surface area contributed by atoms with Crippen molar-refractivity contribution in [2.45, 2.75) is 0 Å². The Morgan fingerprint density at radius 1 is 1.47 bits per heavy atom. The molecule has 0 radical (unpaired) electrons. The predicted molar refractivity (Wildman–Crippen MR) is 73.9 cm³/mol. The molecular weight excluding hydrogens is 291 g/mol. The number of aromatic nitrogens is 1. The van der Waals surface area contributed by atoms with E-state index in [0.717, 1.165) is 11.5 Å². The Morgan fingerprint density at radius 2 is 2.21 bits per heavy atom. The van der Waals surface area contributed by atoms with Crippen molar-refractivity contribution in [2.75, 3.05) is 29.5 Å². The quantitative estimate of drug-likeness (QED) is 0.798. The second-order valence-corrected chi connectivity index (χ2v) is 5.78. The Balaban J connectivity index is 2.21. The summed E-state index contributed by atoms with van der Waals surface area (Å²) in [6, 6.07) is 1.53. The third kappa shape index (κ3) is 2.08. The van der Waals surface area contributed by atoms with E-state index in [9.17, 15) is 9.18 Å². The van der Waals surface area contributed by atoms with E-state index in [-0.39, 0.29) is 22.0 Å². The van der Waals surface area contributed by atoms with E-state index < -0.39 is 5.82 Å². The molecule has 100 valence electrons. The Morgan fingerprint density at radius 3 is 2.89 bits per heavy atom. The first-order chi connectivity index (χ1) is 9.22. The van der Waals surface area contributed by atoms with Crippen molar-refractivity contribution in [1.82, 2.24) is 5.16 Å². The molecule has 0 unspecified atom stereocenters. The van der Waals surface area contributed by atoms with Crippen molar-refractivity contribution in [3.8, 4) is 0 Å². The summed E-state index contributed by atoms with van der Waals surface area (Å²) in [5.74, 6) is 1.26. The number of nitrogens with zero attached hydrogens (tertiary/aromatic N) is 2. The summed E-state index contributed by atoms with van der Waals surface area (Å²) >= 11 is 7.62. The highest BCUT2D eigenvalue weighted by Gasteiger charge is 2.24. The maximum atomic E-state index is 14.5. The first kappa shape index (κ1) is 12.7. The number of thioether (sulfide) groups is 1. The lowest BCUT2D eigenvalue weighted by atomic mass is 10.1. The lowest BCUT2D eigenvalue weighted by Gasteiger charge is -2.29. The molecule has 19 heavy (non-hydrogen) atoms. The van der Waals surface area contributed by atoms with Gasteiger partial charge in [-0.25, -0.2) is 4.39 Å². The largest absolute Gasteiger partial charge is 0.367 e. The molecule has 0 spiro atoms. The van der Waals surface area contributed by atoms with Crippen LogP contribution in [0.1, 0.15) is 10.4 Å². The molecule has 0 atom stereocenters. The van der Waals surface area contributed by atoms with E-state index in [1.54, 1.807) is 0 Å². The minimum Gasteiger partial charge on any atom is -0.367 e. The molecule has 1 aliphatic heterocycles. The highest BCUT2D eigenvalue weighted by atomic mass is 35.5. The Hall–Kier alpha value is -1.27. The van der Waals surface area contributed by atoms with Gasteiger partial charge >= 0.3 is 0 Å². The summed E-state index contributed by atoms with van der Waals surface area (Å²) in [6.45, 7) is 1.41. The molecule has 7 heteroatoms. The zero-order valence-electron chi connectivity index (χ0n) is 9.86. The number of carbonyl (C=O) groups is 1. The third-order valence-electron chi connectivity index (χ3n) is 3.12. The van der Waals surface area contributed by atoms with Gasteiger partial charge < -0.3 is 9.42 Å². The first-order valence-corrected chi connectivity index (χ1v) is 7.31. The number of aldehydes is 1. The molecular formula is C12H10ClFN2O2S. The molecule has 1 fully saturated rings. The van der Waals surface area contributed by atoms with Gasteiger partial charge in [-0.2, -0.15) is 11.8 Å². The summed E-state index contributed by atoms with van der Waals surface area (Å²) in [6.07, 6.45) is 0.642. The predicted octanol–water partition coefficient (Wildman–Crippen LogP) is 2.99. The summed E-state index contributed by atoms with van der Waals surface area (Å²) < 4.78 is 19.4. The Labute approximate surface area is 117 Å². The van der Waals surface area contributed by atoms with Crippen LogP contribution in [0.25, 0.3) is 11.0 Å². The van der Waals surface area contributed by atoms with E-state index in [2.05, 4.69) is 5.16 Å². The van der Waals surface area contributed by atoms with Crippen molar-refractivity contribution in [2.24, 2.45) is 0 Å². The monoisotopic (exact) mass is 300 g/mol. The smallest absolute Gasteiger partial charge is 0.206 e. The molecule has 2 heterocycles. The van der Waals surface area contributed by atoms with Crippen molar-refractivity contribution >= 4 is 46.3 Å². The minimum absolute atomic E-state index is 0.00354. The molecule has 1 aliphatic rings. The van der Waals surface area contributed by atoms with Crippen LogP contribution in [0.5, 0.6) is 0 Å². The fourth-order valence-corrected chi connectivity index (χ4v) is 3.30. The molecule has 0 bridgehead atoms. The molecule has 0 N–H and O–H groups in total. The molecule has 1 saturated heterocycles. The average Bonchev–Trinajstić information content (AvgIpc) is 2.81. The van der Waals surface area contributed by atoms with Gasteiger partial charge in [0.2, 0.25) is 5.58 Å². The highest BCUT2D eigenvalue weighted by molar-refractivity contribution is 7.99. The number of hydrogen-bond acceptors (Lipinski definition) is 5. The summed E-state index contributed by atoms with van der Waals surface area (Å²) in [4.78, 5) is 13.1. The number of halogens is 2. The van der Waals surface area contributed by atoms with E-state index in [1.807, 2.05) is 16.7 Å². The normalized spacial score (nSPS) is 16.0. The fraction of sp³-hybridized carbons (Fsp3) is 0.333. The van der Waals surface area contributed by atoms with Gasteiger partial charge in [0.15, 0.2) is 17.3 Å². The van der Waals surface area contributed by atoms with Gasteiger partial charge in [0, 0.05) is 30.2 Å². The van der Waals surface area contributed by atoms with E-state index in [0.29, 0.717) is 24.8 Å². The number of fused-ring (bicyclic) bond motifs is 1. The lowest BCUT2D eigenvalue weighted by molar-refractivity contribution is 0.112. The summed E-state index contributed by atoms with van der Waals surface area (Å²) in [5, 5.41) is 3.93. The molecule has 2 aromatic rings. The van der Waals surface area contributed by atoms with Gasteiger partial charge in [0.1, 0.15) is 0 Å². The van der Waals surface area contributed by atoms with Crippen LogP contribution in [0.4, 0.5) is 10.1 Å². The standard InChI is InChI=1S/C12H10ClFN2O2S/c13-12-8-5-7(6-17)10(9(14)11(8)18-15-12)16-1-3-19-4-2-16/h5-6H,1-4H2. The number of carbonyl (C=O) groups excluding carboxylic acids is 1. The SMILES string of the molecule is O=Cc1cc2c(Cl)noc2c(F)c1N1CCSCC1. The average molecular weight is 301 g/mol. The van der Waals surface area contributed by atoms with Crippen LogP contribution in [0, 0.1) is 5.82 Å². The van der Waals surface area contributed by atoms with Crippen LogP contribution in [0.2, 0.25) is 5.15 Å². The second kappa shape index (κ2) is 5.02. The van der Waals surface area contributed by atoms with Gasteiger partial charge in [0.25, 0.3) is 0 Å². The van der Waals surface area contributed by atoms with Gasteiger partial charge in [-0.1, -0.05) is 16.8 Å². The molecule has 0 amide bonds. The van der Waals surface area contributed by atoms with Gasteiger partial charge in [0.05, 0.1) is 11.1 Å². The third-order valence-corrected chi connectivity index (χ3v) is 4.33. The maximum Gasteiger partial charge on any atom is 0.206 e. The van der Waals surface area contributed by atoms with Crippen LogP contribution in [-0.2, 0) is 0 Å². The molecule has 0 aliphatic carbocycles. The zero-order chi connectivity index (χ0) is 13.4. The topological polar surface area (TPSA) is 46.3 Å². The molecule has 1 aromatic carbocycles. The molecule has 3 rings (SSSR count). The first-order valence-electron chi connectivity index (χ1n) is 5.77.